The first-order chi connectivity index (χ1) is 8.97. The van der Waals surface area contributed by atoms with Crippen molar-refractivity contribution in [3.8, 4) is 0 Å². The number of benzene rings is 1. The second kappa shape index (κ2) is 5.63. The van der Waals surface area contributed by atoms with E-state index in [9.17, 15) is 13.5 Å². The van der Waals surface area contributed by atoms with Crippen molar-refractivity contribution in [2.24, 2.45) is 0 Å². The second-order valence-electron chi connectivity index (χ2n) is 5.38. The number of hydrogen-bond acceptors (Lipinski definition) is 3. The van der Waals surface area contributed by atoms with Crippen molar-refractivity contribution in [3.05, 3.63) is 35.4 Å². The fraction of sp³-hybridized carbons (Fsp3) is 0.600. The lowest BCUT2D eigenvalue weighted by Crippen LogP contribution is -2.31. The van der Waals surface area contributed by atoms with Crippen LogP contribution in [0.3, 0.4) is 0 Å². The quantitative estimate of drug-likeness (QED) is 0.902. The maximum Gasteiger partial charge on any atom is 0.150 e. The third-order valence-corrected chi connectivity index (χ3v) is 5.83. The van der Waals surface area contributed by atoms with Crippen LogP contribution in [0, 0.1) is 0 Å². The molecule has 1 N–H and O–H groups in total. The first kappa shape index (κ1) is 14.5. The summed E-state index contributed by atoms with van der Waals surface area (Å²) in [5, 5.41) is 10.8. The predicted octanol–water partition coefficient (Wildman–Crippen LogP) is 2.43. The van der Waals surface area contributed by atoms with Gasteiger partial charge in [0, 0.05) is 5.75 Å². The fourth-order valence-corrected chi connectivity index (χ4v) is 3.76. The molecule has 0 aromatic heterocycles. The van der Waals surface area contributed by atoms with E-state index in [1.54, 1.807) is 6.92 Å². The van der Waals surface area contributed by atoms with Gasteiger partial charge >= 0.3 is 0 Å². The first-order valence-electron chi connectivity index (χ1n) is 6.98. The number of rotatable bonds is 5. The normalized spacial score (nSPS) is 23.1. The van der Waals surface area contributed by atoms with Crippen molar-refractivity contribution in [1.29, 1.82) is 0 Å². The summed E-state index contributed by atoms with van der Waals surface area (Å²) in [6, 6.07) is 7.97. The standard InChI is InChI=1S/C15H22O3S/c1-2-19(17,18)12-6-11-15(16)10-5-8-13-7-3-4-9-14(13)15/h3-4,7,9,16H,2,5-6,8,10-12H2,1H3. The third kappa shape index (κ3) is 3.37. The zero-order valence-corrected chi connectivity index (χ0v) is 12.2. The number of sulfone groups is 1. The summed E-state index contributed by atoms with van der Waals surface area (Å²) in [5.74, 6) is 0.357. The number of hydrogen-bond donors (Lipinski definition) is 1. The summed E-state index contributed by atoms with van der Waals surface area (Å²) in [7, 11) is -2.94. The van der Waals surface area contributed by atoms with Crippen LogP contribution < -0.4 is 0 Å². The molecular formula is C15H22O3S. The Balaban J connectivity index is 2.08. The molecule has 3 nitrogen and oxygen atoms in total. The lowest BCUT2D eigenvalue weighted by atomic mass is 9.77. The van der Waals surface area contributed by atoms with Crippen LogP contribution in [-0.2, 0) is 21.9 Å². The van der Waals surface area contributed by atoms with Gasteiger partial charge in [0.2, 0.25) is 0 Å². The molecule has 0 amide bonds. The average Bonchev–Trinajstić information content (AvgIpc) is 2.39. The molecule has 1 aromatic carbocycles. The van der Waals surface area contributed by atoms with Gasteiger partial charge in [0.1, 0.15) is 9.84 Å². The largest absolute Gasteiger partial charge is 0.385 e. The van der Waals surface area contributed by atoms with Crippen molar-refractivity contribution in [1.82, 2.24) is 0 Å². The van der Waals surface area contributed by atoms with Gasteiger partial charge in [-0.15, -0.1) is 0 Å². The molecule has 19 heavy (non-hydrogen) atoms. The number of fused-ring (bicyclic) bond motifs is 1. The minimum atomic E-state index is -2.94. The Hall–Kier alpha value is -0.870. The van der Waals surface area contributed by atoms with E-state index in [2.05, 4.69) is 6.07 Å². The van der Waals surface area contributed by atoms with Crippen LogP contribution in [0.15, 0.2) is 24.3 Å². The van der Waals surface area contributed by atoms with Crippen LogP contribution in [0.1, 0.15) is 43.7 Å². The molecule has 0 fully saturated rings. The van der Waals surface area contributed by atoms with Gasteiger partial charge in [0.15, 0.2) is 0 Å². The highest BCUT2D eigenvalue weighted by atomic mass is 32.2. The van der Waals surface area contributed by atoms with E-state index in [0.717, 1.165) is 24.8 Å². The summed E-state index contributed by atoms with van der Waals surface area (Å²) in [5.41, 5.74) is 1.36. The molecule has 1 aliphatic rings. The topological polar surface area (TPSA) is 54.4 Å². The first-order valence-corrected chi connectivity index (χ1v) is 8.80. The summed E-state index contributed by atoms with van der Waals surface area (Å²) >= 11 is 0. The van der Waals surface area contributed by atoms with E-state index in [0.29, 0.717) is 12.8 Å². The van der Waals surface area contributed by atoms with Crippen LogP contribution in [0.5, 0.6) is 0 Å². The third-order valence-electron chi connectivity index (χ3n) is 4.04. The Labute approximate surface area is 115 Å². The molecule has 1 aromatic rings. The maximum absolute atomic E-state index is 11.5. The highest BCUT2D eigenvalue weighted by Crippen LogP contribution is 2.38. The zero-order chi connectivity index (χ0) is 13.9. The van der Waals surface area contributed by atoms with Crippen molar-refractivity contribution in [2.45, 2.75) is 44.6 Å². The molecule has 0 aliphatic heterocycles. The summed E-state index contributed by atoms with van der Waals surface area (Å²) in [6.45, 7) is 1.67. The van der Waals surface area contributed by atoms with Crippen molar-refractivity contribution in [3.63, 3.8) is 0 Å². The van der Waals surface area contributed by atoms with E-state index in [1.807, 2.05) is 18.2 Å². The molecule has 1 aliphatic carbocycles. The lowest BCUT2D eigenvalue weighted by Gasteiger charge is -2.34. The second-order valence-corrected chi connectivity index (χ2v) is 7.85. The lowest BCUT2D eigenvalue weighted by molar-refractivity contribution is 0.00956. The van der Waals surface area contributed by atoms with E-state index >= 15 is 0 Å². The summed E-state index contributed by atoms with van der Waals surface area (Å²) < 4.78 is 23.0. The molecule has 1 atom stereocenters. The van der Waals surface area contributed by atoms with Crippen LogP contribution in [0.2, 0.25) is 0 Å². The van der Waals surface area contributed by atoms with Crippen LogP contribution in [0.4, 0.5) is 0 Å². The smallest absolute Gasteiger partial charge is 0.150 e. The molecule has 0 saturated carbocycles. The van der Waals surface area contributed by atoms with Gasteiger partial charge in [-0.1, -0.05) is 31.2 Å². The molecule has 4 heteroatoms. The van der Waals surface area contributed by atoms with Gasteiger partial charge < -0.3 is 5.11 Å². The van der Waals surface area contributed by atoms with Gasteiger partial charge in [-0.05, 0) is 43.2 Å². The van der Waals surface area contributed by atoms with Crippen molar-refractivity contribution >= 4 is 9.84 Å². The molecule has 0 spiro atoms. The molecule has 2 rings (SSSR count). The van der Waals surface area contributed by atoms with E-state index in [1.165, 1.54) is 5.56 Å². The predicted molar refractivity (Wildman–Crippen MR) is 76.8 cm³/mol. The van der Waals surface area contributed by atoms with Crippen LogP contribution in [-0.4, -0.2) is 25.0 Å². The minimum Gasteiger partial charge on any atom is -0.385 e. The van der Waals surface area contributed by atoms with Crippen LogP contribution >= 0.6 is 0 Å². The van der Waals surface area contributed by atoms with Gasteiger partial charge in [-0.3, -0.25) is 0 Å². The molecule has 0 heterocycles. The Morgan fingerprint density at radius 1 is 1.32 bits per heavy atom. The van der Waals surface area contributed by atoms with Gasteiger partial charge in [-0.2, -0.15) is 0 Å². The monoisotopic (exact) mass is 282 g/mol. The Morgan fingerprint density at radius 2 is 2.05 bits per heavy atom. The molecular weight excluding hydrogens is 260 g/mol. The Kier molecular flexibility index (Phi) is 4.31. The molecule has 0 saturated heterocycles. The van der Waals surface area contributed by atoms with Crippen molar-refractivity contribution in [2.75, 3.05) is 11.5 Å². The molecule has 106 valence electrons. The van der Waals surface area contributed by atoms with E-state index in [-0.39, 0.29) is 11.5 Å². The highest BCUT2D eigenvalue weighted by molar-refractivity contribution is 7.91. The summed E-state index contributed by atoms with van der Waals surface area (Å²) in [4.78, 5) is 0. The number of aryl methyl sites for hydroxylation is 1. The molecule has 1 unspecified atom stereocenters. The maximum atomic E-state index is 11.5. The molecule has 0 radical (unpaired) electrons. The SMILES string of the molecule is CCS(=O)(=O)CCCC1(O)CCCc2ccccc21. The Morgan fingerprint density at radius 3 is 2.79 bits per heavy atom. The van der Waals surface area contributed by atoms with Crippen LogP contribution in [0.25, 0.3) is 0 Å². The number of aliphatic hydroxyl groups is 1. The van der Waals surface area contributed by atoms with E-state index in [4.69, 9.17) is 0 Å². The van der Waals surface area contributed by atoms with Crippen molar-refractivity contribution < 1.29 is 13.5 Å². The van der Waals surface area contributed by atoms with Gasteiger partial charge in [-0.25, -0.2) is 8.42 Å². The van der Waals surface area contributed by atoms with E-state index < -0.39 is 15.4 Å². The highest BCUT2D eigenvalue weighted by Gasteiger charge is 2.33. The van der Waals surface area contributed by atoms with Gasteiger partial charge in [0.25, 0.3) is 0 Å². The summed E-state index contributed by atoms with van der Waals surface area (Å²) in [6.07, 6.45) is 3.76. The average molecular weight is 282 g/mol. The van der Waals surface area contributed by atoms with Gasteiger partial charge in [0.05, 0.1) is 11.4 Å². The molecule has 0 bridgehead atoms. The Bertz CT molecular complexity index is 536. The fourth-order valence-electron chi connectivity index (χ4n) is 2.89. The minimum absolute atomic E-state index is 0.175. The zero-order valence-electron chi connectivity index (χ0n) is 11.4.